The van der Waals surface area contributed by atoms with E-state index in [0.29, 0.717) is 0 Å². The van der Waals surface area contributed by atoms with Gasteiger partial charge in [0.25, 0.3) is 17.9 Å². The molecule has 94 valence electrons. The molecule has 0 aromatic rings. The summed E-state index contributed by atoms with van der Waals surface area (Å²) in [6.45, 7) is 3.25. The molecule has 0 heterocycles. The van der Waals surface area contributed by atoms with Crippen molar-refractivity contribution in [2.75, 3.05) is 0 Å². The number of carboxylic acids is 3. The molecule has 0 aromatic heterocycles. The summed E-state index contributed by atoms with van der Waals surface area (Å²) in [5.74, 6) is -2.50. The minimum absolute atomic E-state index is 0. The van der Waals surface area contributed by atoms with Gasteiger partial charge in [0.2, 0.25) is 0 Å². The Kier molecular flexibility index (Phi) is 131. The van der Waals surface area contributed by atoms with E-state index >= 15 is 0 Å². The molecule has 0 aliphatic carbocycles. The van der Waals surface area contributed by atoms with E-state index in [2.05, 4.69) is 0 Å². The van der Waals surface area contributed by atoms with E-state index in [1.165, 1.54) is 0 Å². The third kappa shape index (κ3) is 2300. The molecule has 0 fully saturated rings. The van der Waals surface area contributed by atoms with Crippen molar-refractivity contribution in [1.29, 1.82) is 0 Å². The van der Waals surface area contributed by atoms with Crippen molar-refractivity contribution in [2.24, 2.45) is 0 Å². The van der Waals surface area contributed by atoms with Crippen LogP contribution in [0.4, 0.5) is 0 Å². The Balaban J connectivity index is -0.0000000104. The van der Waals surface area contributed by atoms with Gasteiger partial charge in [-0.1, -0.05) is 0 Å². The van der Waals surface area contributed by atoms with Gasteiger partial charge in [-0.2, -0.15) is 0 Å². The van der Waals surface area contributed by atoms with Crippen molar-refractivity contribution >= 4 is 107 Å². The molecule has 0 bridgehead atoms. The molecule has 0 rings (SSSR count). The zero-order chi connectivity index (χ0) is 10.7. The third-order valence-electron chi connectivity index (χ3n) is 0. The topological polar surface area (TPSA) is 175 Å². The summed E-state index contributed by atoms with van der Waals surface area (Å²) in [5.41, 5.74) is 0. The molecule has 0 amide bonds. The second kappa shape index (κ2) is 43.3. The molecule has 11 heteroatoms. The predicted octanol–water partition coefficient (Wildman–Crippen LogP) is -3.32. The zero-order valence-corrected chi connectivity index (χ0v) is 8.07. The van der Waals surface area contributed by atoms with Gasteiger partial charge in [0, 0.05) is 20.8 Å². The fourth-order valence-corrected chi connectivity index (χ4v) is 0. The molecule has 0 atom stereocenters. The van der Waals surface area contributed by atoms with E-state index < -0.39 is 17.9 Å². The quantitative estimate of drug-likeness (QED) is 0.393. The molecule has 8 nitrogen and oxygen atoms in total. The van der Waals surface area contributed by atoms with E-state index in [1.54, 1.807) is 0 Å². The Bertz CT molecular complexity index is 123. The van der Waals surface area contributed by atoms with Gasteiger partial charge < -0.3 is 26.3 Å². The van der Waals surface area contributed by atoms with Crippen LogP contribution in [-0.4, -0.2) is 133 Å². The SMILES string of the molecule is CC(=O)O.CC(=O)O.CC(=O)O.O.O.[NaH].[NaH].[NaH]. The van der Waals surface area contributed by atoms with Crippen molar-refractivity contribution in [3.05, 3.63) is 0 Å². The Morgan fingerprint density at radius 1 is 0.588 bits per heavy atom. The Labute approximate surface area is 166 Å². The number of carbonyl (C=O) groups is 3. The van der Waals surface area contributed by atoms with E-state index in [4.69, 9.17) is 29.7 Å². The van der Waals surface area contributed by atoms with E-state index in [1.807, 2.05) is 0 Å². The van der Waals surface area contributed by atoms with Crippen LogP contribution in [0, 0.1) is 0 Å². The first kappa shape index (κ1) is 51.6. The van der Waals surface area contributed by atoms with Crippen LogP contribution >= 0.6 is 0 Å². The van der Waals surface area contributed by atoms with Crippen LogP contribution in [0.3, 0.4) is 0 Å². The van der Waals surface area contributed by atoms with E-state index in [9.17, 15) is 0 Å². The molecule has 0 saturated heterocycles. The zero-order valence-electron chi connectivity index (χ0n) is 8.07. The fourth-order valence-electron chi connectivity index (χ4n) is 0. The average molecular weight is 288 g/mol. The third-order valence-corrected chi connectivity index (χ3v) is 0. The molecule has 0 aliphatic heterocycles. The van der Waals surface area contributed by atoms with Gasteiger partial charge in [-0.15, -0.1) is 0 Å². The molecular weight excluding hydrogens is 269 g/mol. The normalized spacial score (nSPS) is 4.41. The summed E-state index contributed by atoms with van der Waals surface area (Å²) in [6, 6.07) is 0. The molecule has 0 unspecified atom stereocenters. The summed E-state index contributed by atoms with van der Waals surface area (Å²) in [6.07, 6.45) is 0. The van der Waals surface area contributed by atoms with E-state index in [-0.39, 0.29) is 99.6 Å². The van der Waals surface area contributed by atoms with Crippen molar-refractivity contribution in [2.45, 2.75) is 20.8 Å². The molecular formula is C6H19Na3O8. The molecule has 0 aliphatic rings. The molecule has 0 aromatic carbocycles. The average Bonchev–Trinajstić information content (AvgIpc) is 1.54. The van der Waals surface area contributed by atoms with Gasteiger partial charge in [0.15, 0.2) is 0 Å². The van der Waals surface area contributed by atoms with Gasteiger partial charge in [-0.3, -0.25) is 14.4 Å². The van der Waals surface area contributed by atoms with Crippen LogP contribution in [-0.2, 0) is 14.4 Å². The molecule has 0 radical (unpaired) electrons. The first-order valence-electron chi connectivity index (χ1n) is 2.78. The number of carboxylic acid groups (broad SMARTS) is 3. The summed E-state index contributed by atoms with van der Waals surface area (Å²) < 4.78 is 0. The molecule has 7 N–H and O–H groups in total. The summed E-state index contributed by atoms with van der Waals surface area (Å²) in [7, 11) is 0. The minimum atomic E-state index is -0.833. The maximum atomic E-state index is 9.00. The number of hydrogen-bond donors (Lipinski definition) is 3. The summed E-state index contributed by atoms with van der Waals surface area (Å²) in [5, 5.41) is 22.2. The van der Waals surface area contributed by atoms with Crippen molar-refractivity contribution in [3.63, 3.8) is 0 Å². The maximum absolute atomic E-state index is 9.00. The first-order chi connectivity index (χ1) is 5.20. The number of aliphatic carboxylic acids is 3. The Morgan fingerprint density at radius 3 is 0.588 bits per heavy atom. The van der Waals surface area contributed by atoms with Gasteiger partial charge in [-0.25, -0.2) is 0 Å². The number of rotatable bonds is 0. The van der Waals surface area contributed by atoms with Gasteiger partial charge in [0.1, 0.15) is 0 Å². The Morgan fingerprint density at radius 2 is 0.588 bits per heavy atom. The van der Waals surface area contributed by atoms with Crippen LogP contribution < -0.4 is 0 Å². The molecule has 17 heavy (non-hydrogen) atoms. The van der Waals surface area contributed by atoms with Crippen LogP contribution in [0.25, 0.3) is 0 Å². The van der Waals surface area contributed by atoms with Gasteiger partial charge in [0.05, 0.1) is 0 Å². The van der Waals surface area contributed by atoms with Crippen molar-refractivity contribution in [3.8, 4) is 0 Å². The van der Waals surface area contributed by atoms with Crippen molar-refractivity contribution < 1.29 is 40.7 Å². The van der Waals surface area contributed by atoms with Crippen molar-refractivity contribution in [1.82, 2.24) is 0 Å². The molecule has 0 saturated carbocycles. The van der Waals surface area contributed by atoms with Crippen LogP contribution in [0.2, 0.25) is 0 Å². The standard InChI is InChI=1S/3C2H4O2.3Na.2H2O.3H/c3*1-2(3)4;;;;;;;;/h3*1H3,(H,3,4);;;;2*1H2;;;. The summed E-state index contributed by atoms with van der Waals surface area (Å²) >= 11 is 0. The Hall–Kier alpha value is 1.33. The van der Waals surface area contributed by atoms with E-state index in [0.717, 1.165) is 20.8 Å². The first-order valence-corrected chi connectivity index (χ1v) is 2.78. The van der Waals surface area contributed by atoms with Gasteiger partial charge in [-0.05, 0) is 0 Å². The van der Waals surface area contributed by atoms with Crippen LogP contribution in [0.5, 0.6) is 0 Å². The number of hydrogen-bond acceptors (Lipinski definition) is 3. The monoisotopic (exact) mass is 288 g/mol. The van der Waals surface area contributed by atoms with Gasteiger partial charge >= 0.3 is 88.7 Å². The fraction of sp³-hybridized carbons (Fsp3) is 0.500. The molecule has 0 spiro atoms. The van der Waals surface area contributed by atoms with Crippen LogP contribution in [0.15, 0.2) is 0 Å². The van der Waals surface area contributed by atoms with Crippen LogP contribution in [0.1, 0.15) is 20.8 Å². The second-order valence-corrected chi connectivity index (χ2v) is 1.56. The summed E-state index contributed by atoms with van der Waals surface area (Å²) in [4.78, 5) is 27.0. The second-order valence-electron chi connectivity index (χ2n) is 1.56. The predicted molar refractivity (Wildman–Crippen MR) is 68.6 cm³/mol.